The normalized spacial score (nSPS) is 16.8. The van der Waals surface area contributed by atoms with Gasteiger partial charge in [0.2, 0.25) is 0 Å². The van der Waals surface area contributed by atoms with Crippen LogP contribution in [0.1, 0.15) is 81.5 Å². The van der Waals surface area contributed by atoms with E-state index in [0.717, 1.165) is 11.1 Å². The number of nitrogens with one attached hydrogen (secondary N) is 1. The number of carbonyl (C=O) groups excluding carboxylic acids is 4. The molecule has 18 heteroatoms. The van der Waals surface area contributed by atoms with Gasteiger partial charge in [-0.2, -0.15) is 0 Å². The van der Waals surface area contributed by atoms with Crippen LogP contribution >= 0.6 is 0 Å². The highest BCUT2D eigenvalue weighted by atomic mass is 28.4. The fourth-order valence-electron chi connectivity index (χ4n) is 6.87. The highest BCUT2D eigenvalue weighted by Crippen LogP contribution is 2.41. The third-order valence-corrected chi connectivity index (χ3v) is 21.7. The van der Waals surface area contributed by atoms with E-state index in [9.17, 15) is 19.2 Å². The molecule has 2 atom stereocenters. The van der Waals surface area contributed by atoms with Crippen LogP contribution in [-0.2, 0) is 13.6 Å². The van der Waals surface area contributed by atoms with Gasteiger partial charge in [0.25, 0.3) is 11.8 Å². The van der Waals surface area contributed by atoms with Crippen molar-refractivity contribution in [3.63, 3.8) is 0 Å². The summed E-state index contributed by atoms with van der Waals surface area (Å²) in [6.45, 7) is 35.0. The molecule has 2 saturated heterocycles. The number of anilines is 1. The summed E-state index contributed by atoms with van der Waals surface area (Å²) in [7, 11) is -1.36. The highest BCUT2D eigenvalue weighted by molar-refractivity contribution is 6.74. The molecule has 66 heavy (non-hydrogen) atoms. The van der Waals surface area contributed by atoms with Crippen LogP contribution in [-0.4, -0.2) is 123 Å². The van der Waals surface area contributed by atoms with E-state index in [0.29, 0.717) is 45.6 Å². The Labute approximate surface area is 393 Å². The minimum absolute atomic E-state index is 0.0177. The van der Waals surface area contributed by atoms with E-state index in [2.05, 4.69) is 92.8 Å². The van der Waals surface area contributed by atoms with Crippen molar-refractivity contribution in [1.82, 2.24) is 9.80 Å². The first kappa shape index (κ1) is 53.3. The first-order chi connectivity index (χ1) is 30.7. The van der Waals surface area contributed by atoms with Gasteiger partial charge in [-0.3, -0.25) is 14.9 Å². The number of hydrogen-bond acceptors (Lipinski definition) is 12. The van der Waals surface area contributed by atoms with Crippen LogP contribution in [0, 0.1) is 0 Å². The maximum absolute atomic E-state index is 14.4. The molecule has 0 radical (unpaired) electrons. The van der Waals surface area contributed by atoms with Crippen molar-refractivity contribution in [2.75, 3.05) is 65.7 Å². The number of nitrogens with zero attached hydrogens (tertiary/aromatic N) is 2. The summed E-state index contributed by atoms with van der Waals surface area (Å²) in [5.74, 6) is 0.0556. The molecule has 2 heterocycles. The second-order valence-corrected chi connectivity index (χ2v) is 29.4. The number of methoxy groups -OCH3 is 2. The van der Waals surface area contributed by atoms with Gasteiger partial charge < -0.3 is 52.8 Å². The van der Waals surface area contributed by atoms with Gasteiger partial charge in [0.1, 0.15) is 12.4 Å². The van der Waals surface area contributed by atoms with Crippen molar-refractivity contribution in [1.29, 1.82) is 0 Å². The Balaban J connectivity index is 1.52. The molecule has 2 aliphatic heterocycles. The van der Waals surface area contributed by atoms with E-state index >= 15 is 0 Å². The molecule has 16 nitrogen and oxygen atoms in total. The Morgan fingerprint density at radius 2 is 1.18 bits per heavy atom. The second kappa shape index (κ2) is 22.0. The molecule has 0 aromatic heterocycles. The van der Waals surface area contributed by atoms with Gasteiger partial charge in [-0.15, -0.1) is 0 Å². The lowest BCUT2D eigenvalue weighted by Gasteiger charge is -2.38. The van der Waals surface area contributed by atoms with Crippen molar-refractivity contribution >= 4 is 46.3 Å². The lowest BCUT2D eigenvalue weighted by atomic mass is 10.1. The number of primary amides is 1. The molecular formula is C48H72N4O12Si2. The number of amides is 4. The molecule has 0 aliphatic carbocycles. The van der Waals surface area contributed by atoms with E-state index in [1.165, 1.54) is 44.6 Å². The largest absolute Gasteiger partial charge is 0.493 e. The summed E-state index contributed by atoms with van der Waals surface area (Å²) in [5, 5.41) is 2.66. The number of ether oxygens (including phenoxy) is 6. The molecule has 2 aliphatic rings. The Morgan fingerprint density at radius 1 is 0.727 bits per heavy atom. The molecule has 2 aromatic carbocycles. The summed E-state index contributed by atoms with van der Waals surface area (Å²) in [4.78, 5) is 56.9. The summed E-state index contributed by atoms with van der Waals surface area (Å²) >= 11 is 0. The summed E-state index contributed by atoms with van der Waals surface area (Å²) < 4.78 is 47.1. The third-order valence-electron chi connectivity index (χ3n) is 12.7. The van der Waals surface area contributed by atoms with Gasteiger partial charge in [0.05, 0.1) is 69.5 Å². The van der Waals surface area contributed by atoms with Gasteiger partial charge in [-0.05, 0) is 55.2 Å². The number of hydrogen-bond donors (Lipinski definition) is 2. The first-order valence-corrected chi connectivity index (χ1v) is 28.0. The molecule has 4 amide bonds. The third kappa shape index (κ3) is 13.4. The maximum atomic E-state index is 14.4. The fourth-order valence-corrected chi connectivity index (χ4v) is 8.95. The van der Waals surface area contributed by atoms with Crippen LogP contribution in [0.4, 0.5) is 15.3 Å². The van der Waals surface area contributed by atoms with Gasteiger partial charge in [-0.25, -0.2) is 9.59 Å². The molecule has 2 fully saturated rings. The zero-order valence-electron chi connectivity index (χ0n) is 41.1. The SMILES string of the molecule is C=CCOC(=O)Nc1cc(OCCCOc2cc(OC(N)=O)c(C(=O)N3CC(=C)C[C@H]3CO[Si](C)(C)C(C)(C)C)cc2OC)c(OC)cc1C(=O)N1CC(=C)C[C@H]1CO[Si](C)(C)C(C)(C)C. The minimum atomic E-state index is -2.13. The lowest BCUT2D eigenvalue weighted by Crippen LogP contribution is -2.46. The average Bonchev–Trinajstić information content (AvgIpc) is 3.80. The number of likely N-dealkylation sites (tertiary alicyclic amines) is 2. The highest BCUT2D eigenvalue weighted by Gasteiger charge is 2.42. The predicted octanol–water partition coefficient (Wildman–Crippen LogP) is 9.33. The summed E-state index contributed by atoms with van der Waals surface area (Å²) in [6, 6.07) is 5.37. The lowest BCUT2D eigenvalue weighted by molar-refractivity contribution is 0.0677. The van der Waals surface area contributed by atoms with Crippen molar-refractivity contribution < 1.29 is 56.5 Å². The van der Waals surface area contributed by atoms with Gasteiger partial charge in [0.15, 0.2) is 39.6 Å². The van der Waals surface area contributed by atoms with Crippen LogP contribution in [0.25, 0.3) is 0 Å². The Bertz CT molecular complexity index is 2150. The van der Waals surface area contributed by atoms with Crippen molar-refractivity contribution in [2.24, 2.45) is 5.73 Å². The molecule has 0 bridgehead atoms. The Hall–Kier alpha value is -5.31. The van der Waals surface area contributed by atoms with Crippen LogP contribution in [0.3, 0.4) is 0 Å². The maximum Gasteiger partial charge on any atom is 0.411 e. The minimum Gasteiger partial charge on any atom is -0.493 e. The van der Waals surface area contributed by atoms with Crippen molar-refractivity contribution in [2.45, 2.75) is 109 Å². The first-order valence-electron chi connectivity index (χ1n) is 22.2. The number of nitrogens with two attached hydrogens (primary N) is 1. The molecule has 2 aromatic rings. The zero-order valence-corrected chi connectivity index (χ0v) is 43.1. The van der Waals surface area contributed by atoms with E-state index in [1.54, 1.807) is 9.80 Å². The van der Waals surface area contributed by atoms with Gasteiger partial charge in [-0.1, -0.05) is 78.5 Å². The predicted molar refractivity (Wildman–Crippen MR) is 260 cm³/mol. The standard InChI is InChI=1S/C48H72N4O12Si2/c1-16-18-61-46(56)50-37-25-41(39(57-10)23-35(37)43(53)51-27-31(2)21-33(51)29-62-65(12,13)47(4,5)6)59-19-17-20-60-42-26-38(64-45(49)55)36(24-40(42)58-11)44(54)52-28-32(3)22-34(52)30-63-66(14,15)48(7,8)9/h16,23-26,33-34H,1-3,17-22,27-30H2,4-15H3,(H2,49,55)(H,50,56)/t33-,34-/m0/s1. The van der Waals surface area contributed by atoms with E-state index in [4.69, 9.17) is 43.0 Å². The monoisotopic (exact) mass is 952 g/mol. The smallest absolute Gasteiger partial charge is 0.411 e. The van der Waals surface area contributed by atoms with Crippen molar-refractivity contribution in [3.8, 4) is 28.7 Å². The quantitative estimate of drug-likeness (QED) is 0.0729. The number of rotatable bonds is 20. The van der Waals surface area contributed by atoms with E-state index in [-0.39, 0.29) is 93.4 Å². The fraction of sp³-hybridized carbons (Fsp3) is 0.542. The van der Waals surface area contributed by atoms with Crippen molar-refractivity contribution in [3.05, 3.63) is 72.4 Å². The number of carbonyl (C=O) groups is 4. The second-order valence-electron chi connectivity index (χ2n) is 19.8. The molecule has 0 unspecified atom stereocenters. The van der Waals surface area contributed by atoms with Crippen LogP contribution < -0.4 is 34.7 Å². The topological polar surface area (TPSA) is 187 Å². The van der Waals surface area contributed by atoms with Gasteiger partial charge >= 0.3 is 12.2 Å². The van der Waals surface area contributed by atoms with E-state index < -0.39 is 34.7 Å². The van der Waals surface area contributed by atoms with Crippen LogP contribution in [0.5, 0.6) is 28.7 Å². The van der Waals surface area contributed by atoms with E-state index in [1.807, 2.05) is 0 Å². The number of benzene rings is 2. The van der Waals surface area contributed by atoms with Gasteiger partial charge in [0, 0.05) is 37.7 Å². The molecule has 0 spiro atoms. The summed E-state index contributed by atoms with van der Waals surface area (Å²) in [5.41, 5.74) is 7.61. The summed E-state index contributed by atoms with van der Waals surface area (Å²) in [6.07, 6.45) is 1.01. The molecule has 364 valence electrons. The Kier molecular flexibility index (Phi) is 17.8. The molecule has 4 rings (SSSR count). The van der Waals surface area contributed by atoms with Crippen LogP contribution in [0.2, 0.25) is 36.3 Å². The molecule has 0 saturated carbocycles. The average molecular weight is 953 g/mol. The van der Waals surface area contributed by atoms with Crippen LogP contribution in [0.15, 0.2) is 61.2 Å². The molecule has 3 N–H and O–H groups in total. The molecular weight excluding hydrogens is 881 g/mol. The Morgan fingerprint density at radius 3 is 1.62 bits per heavy atom. The zero-order chi connectivity index (χ0) is 49.4.